The van der Waals surface area contributed by atoms with Gasteiger partial charge in [-0.1, -0.05) is 89.5 Å². The van der Waals surface area contributed by atoms with Gasteiger partial charge in [-0.3, -0.25) is 33.6 Å². The summed E-state index contributed by atoms with van der Waals surface area (Å²) < 4.78 is 0. The summed E-state index contributed by atoms with van der Waals surface area (Å²) in [6.45, 7) is 22.6. The lowest BCUT2D eigenvalue weighted by Gasteiger charge is -2.29. The highest BCUT2D eigenvalue weighted by atomic mass is 16.4. The Hall–Kier alpha value is -4.28. The summed E-state index contributed by atoms with van der Waals surface area (Å²) in [4.78, 5) is 104. The quantitative estimate of drug-likeness (QED) is 0.0631. The third kappa shape index (κ3) is 19.0. The minimum Gasteiger partial charge on any atom is -0.480 e. The Balaban J connectivity index is 5.89. The smallest absolute Gasteiger partial charge is 0.326 e. The molecule has 17 nitrogen and oxygen atoms in total. The molecule has 0 unspecified atom stereocenters. The number of nitrogens with one attached hydrogen (secondary N) is 7. The minimum absolute atomic E-state index is 0.0257. The second-order valence-electron chi connectivity index (χ2n) is 16.8. The van der Waals surface area contributed by atoms with Gasteiger partial charge in [0.15, 0.2) is 0 Å². The van der Waals surface area contributed by atoms with Crippen LogP contribution in [0.15, 0.2) is 0 Å². The van der Waals surface area contributed by atoms with Gasteiger partial charge in [0.1, 0.15) is 36.3 Å². The number of rotatable bonds is 25. The average molecular weight is 797 g/mol. The lowest BCUT2D eigenvalue weighted by Crippen LogP contribution is -2.61. The van der Waals surface area contributed by atoms with Crippen molar-refractivity contribution in [2.75, 3.05) is 6.54 Å². The van der Waals surface area contributed by atoms with E-state index in [1.165, 1.54) is 6.92 Å². The second kappa shape index (κ2) is 25.1. The summed E-state index contributed by atoms with van der Waals surface area (Å²) in [7, 11) is 0. The van der Waals surface area contributed by atoms with Crippen LogP contribution >= 0.6 is 0 Å². The van der Waals surface area contributed by atoms with Gasteiger partial charge in [-0.25, -0.2) is 4.79 Å². The minimum atomic E-state index is -1.21. The topological polar surface area (TPSA) is 267 Å². The van der Waals surface area contributed by atoms with Crippen molar-refractivity contribution in [3.05, 3.63) is 0 Å². The number of hydrogen-bond acceptors (Lipinski definition) is 9. The van der Waals surface area contributed by atoms with Gasteiger partial charge in [-0.2, -0.15) is 0 Å². The Kier molecular flexibility index (Phi) is 23.2. The van der Waals surface area contributed by atoms with Gasteiger partial charge >= 0.3 is 5.97 Å². The first-order valence-corrected chi connectivity index (χ1v) is 19.9. The molecule has 0 heterocycles. The summed E-state index contributed by atoms with van der Waals surface area (Å²) in [5.41, 5.74) is 5.90. The SMILES string of the molecule is CC[C@H](C)[C@H](NC(=O)[C@H](C)NC(=O)[C@@H](NC(=O)[C@H](CC(C)C)NC(=O)[C@H](CC(C)C)NC(=O)CNC(=O)[C@@H](N)CC(C)C)C(C)C)C(=O)N[C@H](C(=O)O)C(C)C. The van der Waals surface area contributed by atoms with Gasteiger partial charge in [0.2, 0.25) is 41.4 Å². The predicted octanol–water partition coefficient (Wildman–Crippen LogP) is 0.940. The van der Waals surface area contributed by atoms with E-state index in [9.17, 15) is 43.5 Å². The van der Waals surface area contributed by atoms with Crippen molar-refractivity contribution in [2.24, 2.45) is 41.2 Å². The Bertz CT molecular complexity index is 1340. The first-order chi connectivity index (χ1) is 25.8. The third-order valence-electron chi connectivity index (χ3n) is 9.21. The molecule has 56 heavy (non-hydrogen) atoms. The standard InChI is InChI=1S/C39H72N8O9/c1-14-24(12)32(38(54)46-31(23(10)11)39(55)56)47-33(49)25(13)42-37(53)30(22(8)9)45-36(52)28(17-21(6)7)44-35(51)27(16-20(4)5)43-29(48)18-41-34(50)26(40)15-19(2)3/h19-28,30-32H,14-18,40H2,1-13H3,(H,41,50)(H,42,53)(H,43,48)(H,44,51)(H,45,52)(H,46,54)(H,47,49)(H,55,56)/t24-,25-,26-,27-,28-,30-,31-,32-/m0/s1. The van der Waals surface area contributed by atoms with E-state index in [4.69, 9.17) is 5.73 Å². The van der Waals surface area contributed by atoms with Crippen LogP contribution in [0.3, 0.4) is 0 Å². The van der Waals surface area contributed by atoms with E-state index >= 15 is 0 Å². The first-order valence-electron chi connectivity index (χ1n) is 19.9. The van der Waals surface area contributed by atoms with Crippen molar-refractivity contribution in [1.82, 2.24) is 37.2 Å². The molecule has 0 rings (SSSR count). The number of carboxylic acids is 1. The summed E-state index contributed by atoms with van der Waals surface area (Å²) in [5, 5.41) is 27.9. The zero-order valence-corrected chi connectivity index (χ0v) is 35.8. The van der Waals surface area contributed by atoms with E-state index < -0.39 is 108 Å². The monoisotopic (exact) mass is 797 g/mol. The van der Waals surface area contributed by atoms with E-state index in [2.05, 4.69) is 37.2 Å². The molecule has 0 aromatic rings. The van der Waals surface area contributed by atoms with Gasteiger partial charge in [-0.05, 0) is 61.7 Å². The summed E-state index contributed by atoms with van der Waals surface area (Å²) in [6, 6.07) is -7.43. The third-order valence-corrected chi connectivity index (χ3v) is 9.21. The maximum Gasteiger partial charge on any atom is 0.326 e. The van der Waals surface area contributed by atoms with Gasteiger partial charge in [-0.15, -0.1) is 0 Å². The highest BCUT2D eigenvalue weighted by Gasteiger charge is 2.35. The van der Waals surface area contributed by atoms with Crippen molar-refractivity contribution in [3.63, 3.8) is 0 Å². The van der Waals surface area contributed by atoms with Crippen LogP contribution in [0, 0.1) is 35.5 Å². The molecule has 322 valence electrons. The van der Waals surface area contributed by atoms with Crippen molar-refractivity contribution >= 4 is 47.3 Å². The van der Waals surface area contributed by atoms with Crippen LogP contribution in [0.2, 0.25) is 0 Å². The maximum absolute atomic E-state index is 13.7. The fourth-order valence-electron chi connectivity index (χ4n) is 5.73. The van der Waals surface area contributed by atoms with Crippen LogP contribution in [0.5, 0.6) is 0 Å². The lowest BCUT2D eigenvalue weighted by molar-refractivity contribution is -0.144. The zero-order chi connectivity index (χ0) is 43.6. The van der Waals surface area contributed by atoms with Gasteiger partial charge in [0, 0.05) is 0 Å². The molecular formula is C39H72N8O9. The molecule has 0 spiro atoms. The number of carbonyl (C=O) groups is 8. The van der Waals surface area contributed by atoms with Crippen molar-refractivity contribution < 1.29 is 43.5 Å². The Morgan fingerprint density at radius 1 is 0.500 bits per heavy atom. The molecule has 0 aliphatic rings. The Labute approximate surface area is 333 Å². The van der Waals surface area contributed by atoms with E-state index in [0.717, 1.165) is 0 Å². The molecule has 10 N–H and O–H groups in total. The molecule has 7 amide bonds. The fourth-order valence-corrected chi connectivity index (χ4v) is 5.73. The molecule has 0 fully saturated rings. The molecule has 0 saturated carbocycles. The summed E-state index contributed by atoms with van der Waals surface area (Å²) >= 11 is 0. The lowest BCUT2D eigenvalue weighted by atomic mass is 9.96. The molecule has 0 aromatic heterocycles. The number of nitrogens with two attached hydrogens (primary N) is 1. The molecule has 0 aliphatic heterocycles. The summed E-state index contributed by atoms with van der Waals surface area (Å²) in [5.74, 6) is -6.73. The normalized spacial score (nSPS) is 15.8. The van der Waals surface area contributed by atoms with Crippen LogP contribution < -0.4 is 43.0 Å². The first kappa shape index (κ1) is 51.7. The van der Waals surface area contributed by atoms with Crippen LogP contribution in [0.25, 0.3) is 0 Å². The number of amides is 7. The maximum atomic E-state index is 13.7. The fraction of sp³-hybridized carbons (Fsp3) is 0.795. The van der Waals surface area contributed by atoms with Crippen LogP contribution in [-0.2, 0) is 38.4 Å². The van der Waals surface area contributed by atoms with Crippen LogP contribution in [0.1, 0.15) is 116 Å². The predicted molar refractivity (Wildman–Crippen MR) is 213 cm³/mol. The zero-order valence-electron chi connectivity index (χ0n) is 35.8. The molecular weight excluding hydrogens is 724 g/mol. The van der Waals surface area contributed by atoms with E-state index in [0.29, 0.717) is 12.8 Å². The molecule has 8 atom stereocenters. The molecule has 17 heteroatoms. The average Bonchev–Trinajstić information content (AvgIpc) is 3.07. The molecule has 0 aromatic carbocycles. The molecule has 0 saturated heterocycles. The largest absolute Gasteiger partial charge is 0.480 e. The molecule has 0 bridgehead atoms. The van der Waals surface area contributed by atoms with E-state index in [-0.39, 0.29) is 36.5 Å². The van der Waals surface area contributed by atoms with Gasteiger partial charge < -0.3 is 48.1 Å². The van der Waals surface area contributed by atoms with Crippen molar-refractivity contribution in [2.45, 2.75) is 158 Å². The molecule has 0 aliphatic carbocycles. The Morgan fingerprint density at radius 3 is 1.38 bits per heavy atom. The number of carbonyl (C=O) groups excluding carboxylic acids is 7. The van der Waals surface area contributed by atoms with E-state index in [1.54, 1.807) is 34.6 Å². The van der Waals surface area contributed by atoms with Gasteiger partial charge in [0.05, 0.1) is 12.6 Å². The summed E-state index contributed by atoms with van der Waals surface area (Å²) in [6.07, 6.45) is 1.37. The number of aliphatic carboxylic acids is 1. The molecule has 0 radical (unpaired) electrons. The highest BCUT2D eigenvalue weighted by molar-refractivity contribution is 5.97. The number of hydrogen-bond donors (Lipinski definition) is 9. The number of carboxylic acid groups (broad SMARTS) is 1. The highest BCUT2D eigenvalue weighted by Crippen LogP contribution is 2.13. The van der Waals surface area contributed by atoms with E-state index in [1.807, 2.05) is 48.5 Å². The van der Waals surface area contributed by atoms with Gasteiger partial charge in [0.25, 0.3) is 0 Å². The second-order valence-corrected chi connectivity index (χ2v) is 16.8. The van der Waals surface area contributed by atoms with Crippen LogP contribution in [-0.4, -0.2) is 101 Å². The van der Waals surface area contributed by atoms with Crippen molar-refractivity contribution in [1.29, 1.82) is 0 Å². The Morgan fingerprint density at radius 2 is 0.929 bits per heavy atom. The van der Waals surface area contributed by atoms with Crippen LogP contribution in [0.4, 0.5) is 0 Å². The van der Waals surface area contributed by atoms with Crippen molar-refractivity contribution in [3.8, 4) is 0 Å².